The number of ether oxygens (including phenoxy) is 1. The molecule has 2 heterocycles. The summed E-state index contributed by atoms with van der Waals surface area (Å²) in [6.45, 7) is 8.34. The van der Waals surface area contributed by atoms with E-state index in [1.54, 1.807) is 18.6 Å². The van der Waals surface area contributed by atoms with Gasteiger partial charge < -0.3 is 4.74 Å². The normalized spacial score (nSPS) is 10.1. The Balaban J connectivity index is 0.000000200. The maximum atomic E-state index is 5.35. The highest BCUT2D eigenvalue weighted by Gasteiger charge is 1.95. The van der Waals surface area contributed by atoms with Crippen LogP contribution < -0.4 is 4.74 Å². The molecule has 0 aromatic carbocycles. The number of aromatic nitrogens is 2. The van der Waals surface area contributed by atoms with E-state index in [1.165, 1.54) is 4.90 Å². The van der Waals surface area contributed by atoms with E-state index in [0.29, 0.717) is 5.25 Å². The maximum absolute atomic E-state index is 5.35. The van der Waals surface area contributed by atoms with Gasteiger partial charge in [0.15, 0.2) is 0 Å². The van der Waals surface area contributed by atoms with Gasteiger partial charge in [0, 0.05) is 28.7 Å². The fourth-order valence-corrected chi connectivity index (χ4v) is 2.20. The number of thioether (sulfide) groups is 1. The number of hydrogen-bond acceptors (Lipinski definition) is 4. The van der Waals surface area contributed by atoms with Crippen molar-refractivity contribution in [2.24, 2.45) is 0 Å². The van der Waals surface area contributed by atoms with Gasteiger partial charge in [0.1, 0.15) is 5.75 Å². The largest absolute Gasteiger partial charge is 0.489 e. The smallest absolute Gasteiger partial charge is 0.137 e. The van der Waals surface area contributed by atoms with Crippen LogP contribution in [-0.4, -0.2) is 21.3 Å². The molecule has 20 heavy (non-hydrogen) atoms. The van der Waals surface area contributed by atoms with Gasteiger partial charge in [0.05, 0.1) is 12.3 Å². The van der Waals surface area contributed by atoms with Crippen molar-refractivity contribution >= 4 is 11.8 Å². The van der Waals surface area contributed by atoms with Gasteiger partial charge in [-0.25, -0.2) is 0 Å². The van der Waals surface area contributed by atoms with Gasteiger partial charge in [-0.2, -0.15) is 0 Å². The maximum Gasteiger partial charge on any atom is 0.137 e. The van der Waals surface area contributed by atoms with Crippen LogP contribution in [0.2, 0.25) is 0 Å². The van der Waals surface area contributed by atoms with Crippen LogP contribution in [0.1, 0.15) is 27.7 Å². The van der Waals surface area contributed by atoms with Crippen LogP contribution in [0.3, 0.4) is 0 Å². The van der Waals surface area contributed by atoms with Crippen LogP contribution in [0.5, 0.6) is 5.75 Å². The van der Waals surface area contributed by atoms with Crippen LogP contribution in [0.15, 0.2) is 53.9 Å². The van der Waals surface area contributed by atoms with Crippen molar-refractivity contribution in [3.05, 3.63) is 49.1 Å². The molecule has 2 aromatic rings. The predicted molar refractivity (Wildman–Crippen MR) is 85.2 cm³/mol. The average molecular weight is 290 g/mol. The summed E-state index contributed by atoms with van der Waals surface area (Å²) in [7, 11) is 0. The SMILES string of the molecule is CC(C)Oc1cccnc1.CC(C)Sc1cccnc1. The van der Waals surface area contributed by atoms with Crippen molar-refractivity contribution < 1.29 is 4.74 Å². The zero-order chi connectivity index (χ0) is 14.8. The zero-order valence-corrected chi connectivity index (χ0v) is 13.3. The molecule has 0 fully saturated rings. The molecule has 0 saturated carbocycles. The molecule has 108 valence electrons. The minimum absolute atomic E-state index is 0.226. The first-order valence-corrected chi connectivity index (χ1v) is 7.59. The lowest BCUT2D eigenvalue weighted by molar-refractivity contribution is 0.241. The second-order valence-electron chi connectivity index (χ2n) is 4.71. The topological polar surface area (TPSA) is 35.0 Å². The monoisotopic (exact) mass is 290 g/mol. The minimum atomic E-state index is 0.226. The lowest BCUT2D eigenvalue weighted by atomic mass is 10.4. The van der Waals surface area contributed by atoms with E-state index in [1.807, 2.05) is 50.0 Å². The van der Waals surface area contributed by atoms with E-state index in [9.17, 15) is 0 Å². The Morgan fingerprint density at radius 2 is 1.60 bits per heavy atom. The zero-order valence-electron chi connectivity index (χ0n) is 12.5. The molecule has 0 aliphatic rings. The van der Waals surface area contributed by atoms with Gasteiger partial charge in [-0.1, -0.05) is 13.8 Å². The van der Waals surface area contributed by atoms with Gasteiger partial charge in [-0.05, 0) is 38.1 Å². The number of nitrogens with zero attached hydrogens (tertiary/aromatic N) is 2. The molecule has 0 bridgehead atoms. The van der Waals surface area contributed by atoms with Crippen LogP contribution in [-0.2, 0) is 0 Å². The molecule has 0 saturated heterocycles. The van der Waals surface area contributed by atoms with Crippen molar-refractivity contribution in [1.82, 2.24) is 9.97 Å². The summed E-state index contributed by atoms with van der Waals surface area (Å²) in [5.41, 5.74) is 0. The Morgan fingerprint density at radius 1 is 0.950 bits per heavy atom. The standard InChI is InChI=1S/C8H11NO.C8H11NS/c2*1-7(2)10-8-4-3-5-9-6-8/h2*3-7H,1-2H3. The second-order valence-corrected chi connectivity index (χ2v) is 6.36. The quantitative estimate of drug-likeness (QED) is 0.779. The van der Waals surface area contributed by atoms with Gasteiger partial charge in [-0.3, -0.25) is 9.97 Å². The molecule has 0 spiro atoms. The molecule has 0 unspecified atom stereocenters. The Labute approximate surface area is 125 Å². The first-order chi connectivity index (χ1) is 9.58. The average Bonchev–Trinajstić information content (AvgIpc) is 2.40. The van der Waals surface area contributed by atoms with Crippen molar-refractivity contribution in [2.45, 2.75) is 43.9 Å². The Bertz CT molecular complexity index is 415. The Kier molecular flexibility index (Phi) is 7.73. The van der Waals surface area contributed by atoms with E-state index in [4.69, 9.17) is 4.74 Å². The first-order valence-electron chi connectivity index (χ1n) is 6.71. The molecule has 0 atom stereocenters. The van der Waals surface area contributed by atoms with E-state index in [-0.39, 0.29) is 6.10 Å². The molecule has 2 aromatic heterocycles. The van der Waals surface area contributed by atoms with Gasteiger partial charge >= 0.3 is 0 Å². The molecule has 0 N–H and O–H groups in total. The number of pyridine rings is 2. The molecular weight excluding hydrogens is 268 g/mol. The fraction of sp³-hybridized carbons (Fsp3) is 0.375. The van der Waals surface area contributed by atoms with Crippen molar-refractivity contribution in [3.63, 3.8) is 0 Å². The Morgan fingerprint density at radius 3 is 2.05 bits per heavy atom. The van der Waals surface area contributed by atoms with Gasteiger partial charge in [0.2, 0.25) is 0 Å². The van der Waals surface area contributed by atoms with Crippen molar-refractivity contribution in [3.8, 4) is 5.75 Å². The third kappa shape index (κ3) is 7.79. The van der Waals surface area contributed by atoms with Crippen LogP contribution >= 0.6 is 11.8 Å². The second kappa shape index (κ2) is 9.37. The molecule has 0 radical (unpaired) electrons. The molecular formula is C16H22N2OS. The summed E-state index contributed by atoms with van der Waals surface area (Å²) in [6.07, 6.45) is 7.35. The van der Waals surface area contributed by atoms with E-state index in [2.05, 4.69) is 29.9 Å². The molecule has 4 heteroatoms. The highest BCUT2D eigenvalue weighted by atomic mass is 32.2. The summed E-state index contributed by atoms with van der Waals surface area (Å²) in [6, 6.07) is 7.80. The fourth-order valence-electron chi connectivity index (χ4n) is 1.38. The van der Waals surface area contributed by atoms with E-state index in [0.717, 1.165) is 5.75 Å². The van der Waals surface area contributed by atoms with E-state index < -0.39 is 0 Å². The third-order valence-corrected chi connectivity index (χ3v) is 3.00. The molecule has 0 amide bonds. The number of hydrogen-bond donors (Lipinski definition) is 0. The first kappa shape index (κ1) is 16.5. The summed E-state index contributed by atoms with van der Waals surface area (Å²) >= 11 is 1.84. The summed E-state index contributed by atoms with van der Waals surface area (Å²) < 4.78 is 5.35. The summed E-state index contributed by atoms with van der Waals surface area (Å²) in [5.74, 6) is 0.831. The van der Waals surface area contributed by atoms with Crippen molar-refractivity contribution in [2.75, 3.05) is 0 Å². The highest BCUT2D eigenvalue weighted by molar-refractivity contribution is 7.99. The predicted octanol–water partition coefficient (Wildman–Crippen LogP) is 4.45. The molecule has 0 aliphatic carbocycles. The Hall–Kier alpha value is -1.55. The van der Waals surface area contributed by atoms with Crippen LogP contribution in [0, 0.1) is 0 Å². The van der Waals surface area contributed by atoms with E-state index >= 15 is 0 Å². The number of rotatable bonds is 4. The lowest BCUT2D eigenvalue weighted by Crippen LogP contribution is -2.05. The minimum Gasteiger partial charge on any atom is -0.489 e. The molecule has 0 aliphatic heterocycles. The molecule has 2 rings (SSSR count). The molecule has 3 nitrogen and oxygen atoms in total. The summed E-state index contributed by atoms with van der Waals surface area (Å²) in [5, 5.41) is 0.643. The highest BCUT2D eigenvalue weighted by Crippen LogP contribution is 2.20. The van der Waals surface area contributed by atoms with Crippen LogP contribution in [0.25, 0.3) is 0 Å². The van der Waals surface area contributed by atoms with Gasteiger partial charge in [0.25, 0.3) is 0 Å². The third-order valence-electron chi connectivity index (χ3n) is 2.01. The van der Waals surface area contributed by atoms with Crippen LogP contribution in [0.4, 0.5) is 0 Å². The van der Waals surface area contributed by atoms with Gasteiger partial charge in [-0.15, -0.1) is 11.8 Å². The summed E-state index contributed by atoms with van der Waals surface area (Å²) in [4.78, 5) is 9.18. The lowest BCUT2D eigenvalue weighted by Gasteiger charge is -2.07. The van der Waals surface area contributed by atoms with Crippen molar-refractivity contribution in [1.29, 1.82) is 0 Å².